The first-order chi connectivity index (χ1) is 16.9. The molecule has 0 saturated carbocycles. The van der Waals surface area contributed by atoms with Gasteiger partial charge in [0.25, 0.3) is 11.5 Å². The van der Waals surface area contributed by atoms with Gasteiger partial charge in [-0.3, -0.25) is 9.59 Å². The number of amides is 1. The lowest BCUT2D eigenvalue weighted by Crippen LogP contribution is -2.35. The van der Waals surface area contributed by atoms with Crippen LogP contribution in [0.1, 0.15) is 35.0 Å². The lowest BCUT2D eigenvalue weighted by Gasteiger charge is -2.15. The highest BCUT2D eigenvalue weighted by molar-refractivity contribution is 6.16. The van der Waals surface area contributed by atoms with Crippen LogP contribution in [0.15, 0.2) is 83.7 Å². The van der Waals surface area contributed by atoms with E-state index in [9.17, 15) is 9.59 Å². The van der Waals surface area contributed by atoms with E-state index in [0.717, 1.165) is 29.3 Å². The van der Waals surface area contributed by atoms with Crippen molar-refractivity contribution in [2.24, 2.45) is 7.05 Å². The summed E-state index contributed by atoms with van der Waals surface area (Å²) in [5.74, 6) is -0.284. The van der Waals surface area contributed by atoms with Crippen LogP contribution in [0.5, 0.6) is 0 Å². The Kier molecular flexibility index (Phi) is 5.95. The minimum absolute atomic E-state index is 0.0608. The predicted octanol–water partition coefficient (Wildman–Crippen LogP) is 4.94. The molecule has 6 heteroatoms. The number of nitrogens with zero attached hydrogens (tertiary/aromatic N) is 3. The number of nitrogens with one attached hydrogen (secondary N) is 1. The first-order valence-corrected chi connectivity index (χ1v) is 11.9. The molecule has 3 aromatic carbocycles. The Bertz CT molecular complexity index is 1580. The van der Waals surface area contributed by atoms with E-state index in [4.69, 9.17) is 0 Å². The molecular weight excluding hydrogens is 436 g/mol. The average Bonchev–Trinajstić information content (AvgIpc) is 3.17. The first-order valence-electron chi connectivity index (χ1n) is 11.9. The highest BCUT2D eigenvalue weighted by Gasteiger charge is 2.24. The van der Waals surface area contributed by atoms with Crippen LogP contribution in [0.2, 0.25) is 0 Å². The van der Waals surface area contributed by atoms with Gasteiger partial charge in [0.2, 0.25) is 0 Å². The summed E-state index contributed by atoms with van der Waals surface area (Å²) in [5.41, 5.74) is 4.28. The van der Waals surface area contributed by atoms with Gasteiger partial charge in [-0.1, -0.05) is 66.2 Å². The predicted molar refractivity (Wildman–Crippen MR) is 140 cm³/mol. The highest BCUT2D eigenvalue weighted by atomic mass is 16.2. The largest absolute Gasteiger partial charge is 0.348 e. The van der Waals surface area contributed by atoms with Gasteiger partial charge >= 0.3 is 0 Å². The molecule has 0 fully saturated rings. The summed E-state index contributed by atoms with van der Waals surface area (Å²) in [5, 5.41) is 9.16. The van der Waals surface area contributed by atoms with E-state index in [-0.39, 0.29) is 23.2 Å². The second kappa shape index (κ2) is 9.22. The molecule has 176 valence electrons. The monoisotopic (exact) mass is 464 g/mol. The van der Waals surface area contributed by atoms with Crippen LogP contribution in [0.25, 0.3) is 27.5 Å². The maximum Gasteiger partial charge on any atom is 0.296 e. The fraction of sp³-hybridized carbons (Fsp3) is 0.207. The Morgan fingerprint density at radius 2 is 1.66 bits per heavy atom. The number of fused-ring (bicyclic) bond motifs is 3. The molecular formula is C29H28N4O2. The van der Waals surface area contributed by atoms with Crippen LogP contribution in [-0.4, -0.2) is 26.3 Å². The number of para-hydroxylation sites is 1. The summed E-state index contributed by atoms with van der Waals surface area (Å²) in [6, 6.07) is 25.5. The van der Waals surface area contributed by atoms with Crippen molar-refractivity contribution >= 4 is 27.7 Å². The molecule has 5 rings (SSSR count). The third-order valence-electron chi connectivity index (χ3n) is 6.52. The number of hydrogen-bond donors (Lipinski definition) is 1. The molecule has 0 aliphatic heterocycles. The normalized spacial score (nSPS) is 12.2. The van der Waals surface area contributed by atoms with Crippen LogP contribution in [0, 0.1) is 6.92 Å². The van der Waals surface area contributed by atoms with E-state index in [0.29, 0.717) is 16.6 Å². The molecule has 0 aliphatic carbocycles. The van der Waals surface area contributed by atoms with Crippen LogP contribution >= 0.6 is 0 Å². The molecule has 0 bridgehead atoms. The summed E-state index contributed by atoms with van der Waals surface area (Å²) in [6.45, 7) is 3.99. The Morgan fingerprint density at radius 3 is 2.40 bits per heavy atom. The summed E-state index contributed by atoms with van der Waals surface area (Å²) < 4.78 is 3.19. The molecule has 1 atom stereocenters. The topological polar surface area (TPSA) is 68.9 Å². The molecule has 0 radical (unpaired) electrons. The van der Waals surface area contributed by atoms with E-state index in [1.54, 1.807) is 0 Å². The van der Waals surface area contributed by atoms with Crippen molar-refractivity contribution in [3.05, 3.63) is 106 Å². The molecule has 0 spiro atoms. The molecule has 5 aromatic rings. The standard InChI is InChI=1S/C29H28N4O2/c1-19-13-17-22(18-14-19)33-29(35)27-25(23-11-7-8-12-24(23)32(27)3)26(31-33)28(34)30-20(2)15-16-21-9-5-4-6-10-21/h4-14,17-18,20H,15-16H2,1-3H3,(H,30,34)/t20-/m1/s1. The van der Waals surface area contributed by atoms with Gasteiger partial charge in [0.15, 0.2) is 5.69 Å². The van der Waals surface area contributed by atoms with Gasteiger partial charge in [-0.25, -0.2) is 0 Å². The van der Waals surface area contributed by atoms with E-state index < -0.39 is 0 Å². The Hall–Kier alpha value is -4.19. The molecule has 6 nitrogen and oxygen atoms in total. The lowest BCUT2D eigenvalue weighted by molar-refractivity contribution is 0.0933. The minimum atomic E-state index is -0.284. The lowest BCUT2D eigenvalue weighted by atomic mass is 10.1. The van der Waals surface area contributed by atoms with E-state index in [1.165, 1.54) is 10.2 Å². The molecule has 0 saturated heterocycles. The quantitative estimate of drug-likeness (QED) is 0.387. The zero-order valence-corrected chi connectivity index (χ0v) is 20.2. The summed E-state index contributed by atoms with van der Waals surface area (Å²) >= 11 is 0. The van der Waals surface area contributed by atoms with E-state index in [2.05, 4.69) is 22.5 Å². The maximum absolute atomic E-state index is 13.6. The van der Waals surface area contributed by atoms with Crippen molar-refractivity contribution in [1.29, 1.82) is 0 Å². The highest BCUT2D eigenvalue weighted by Crippen LogP contribution is 2.28. The van der Waals surface area contributed by atoms with Crippen molar-refractivity contribution in [3.8, 4) is 5.69 Å². The fourth-order valence-corrected chi connectivity index (χ4v) is 4.59. The van der Waals surface area contributed by atoms with E-state index in [1.807, 2.05) is 92.2 Å². The Balaban J connectivity index is 1.59. The molecule has 2 heterocycles. The van der Waals surface area contributed by atoms with Crippen LogP contribution in [-0.2, 0) is 13.5 Å². The van der Waals surface area contributed by atoms with Gasteiger partial charge in [-0.15, -0.1) is 0 Å². The maximum atomic E-state index is 13.6. The van der Waals surface area contributed by atoms with Gasteiger partial charge < -0.3 is 9.88 Å². The smallest absolute Gasteiger partial charge is 0.296 e. The number of carbonyl (C=O) groups is 1. The molecule has 35 heavy (non-hydrogen) atoms. The zero-order valence-electron chi connectivity index (χ0n) is 20.2. The van der Waals surface area contributed by atoms with Crippen LogP contribution in [0.4, 0.5) is 0 Å². The number of benzene rings is 3. The van der Waals surface area contributed by atoms with Crippen molar-refractivity contribution in [2.45, 2.75) is 32.7 Å². The molecule has 0 aliphatic rings. The zero-order chi connectivity index (χ0) is 24.5. The Labute approximate surface area is 203 Å². The molecule has 1 N–H and O–H groups in total. The number of hydrogen-bond acceptors (Lipinski definition) is 3. The van der Waals surface area contributed by atoms with E-state index >= 15 is 0 Å². The number of carbonyl (C=O) groups excluding carboxylic acids is 1. The second-order valence-electron chi connectivity index (χ2n) is 9.10. The van der Waals surface area contributed by atoms with Crippen molar-refractivity contribution in [1.82, 2.24) is 19.7 Å². The van der Waals surface area contributed by atoms with Gasteiger partial charge in [-0.2, -0.15) is 9.78 Å². The third kappa shape index (κ3) is 4.23. The van der Waals surface area contributed by atoms with Crippen molar-refractivity contribution in [3.63, 3.8) is 0 Å². The SMILES string of the molecule is Cc1ccc(-n2nc(C(=O)N[C@H](C)CCc3ccccc3)c3c4ccccc4n(C)c3c2=O)cc1. The second-order valence-corrected chi connectivity index (χ2v) is 9.10. The van der Waals surface area contributed by atoms with Gasteiger partial charge in [0.1, 0.15) is 5.52 Å². The number of aromatic nitrogens is 3. The summed E-state index contributed by atoms with van der Waals surface area (Å²) in [6.07, 6.45) is 1.66. The Morgan fingerprint density at radius 1 is 0.971 bits per heavy atom. The molecule has 0 unspecified atom stereocenters. The fourth-order valence-electron chi connectivity index (χ4n) is 4.59. The third-order valence-corrected chi connectivity index (χ3v) is 6.52. The minimum Gasteiger partial charge on any atom is -0.348 e. The molecule has 2 aromatic heterocycles. The summed E-state index contributed by atoms with van der Waals surface area (Å²) in [4.78, 5) is 27.2. The van der Waals surface area contributed by atoms with Gasteiger partial charge in [-0.05, 0) is 50.5 Å². The molecule has 1 amide bonds. The van der Waals surface area contributed by atoms with Crippen LogP contribution < -0.4 is 10.9 Å². The van der Waals surface area contributed by atoms with Crippen molar-refractivity contribution in [2.75, 3.05) is 0 Å². The van der Waals surface area contributed by atoms with Crippen LogP contribution in [0.3, 0.4) is 0 Å². The van der Waals surface area contributed by atoms with Crippen molar-refractivity contribution < 1.29 is 4.79 Å². The average molecular weight is 465 g/mol. The van der Waals surface area contributed by atoms with Gasteiger partial charge in [0.05, 0.1) is 5.69 Å². The number of rotatable bonds is 6. The van der Waals surface area contributed by atoms with Gasteiger partial charge in [0, 0.05) is 29.4 Å². The number of aryl methyl sites for hydroxylation is 3. The summed E-state index contributed by atoms with van der Waals surface area (Å²) in [7, 11) is 1.86. The first kappa shape index (κ1) is 22.6.